The Morgan fingerprint density at radius 3 is 1.01 bits per heavy atom. The van der Waals surface area contributed by atoms with E-state index in [9.17, 15) is 61.0 Å². The van der Waals surface area contributed by atoms with Crippen molar-refractivity contribution < 1.29 is 89.4 Å². The molecule has 0 aliphatic carbocycles. The second-order valence-corrected chi connectivity index (χ2v) is 31.3. The molecule has 12 N–H and O–H groups in total. The molecular formula is C88H161NO18. The van der Waals surface area contributed by atoms with Crippen molar-refractivity contribution in [3.8, 4) is 0 Å². The molecule has 3 heterocycles. The number of amides is 1. The SMILES string of the molecule is CC/C=C\C/C=C\C/C=C\C/C=C\C/C=C\CCCCCCCCCCCCCCCCCCCCCCCCCCCC(=O)NC(COC1OC(CO)C(OC2OC(CO)C(OC3OC(CO)C(O)C(O)C3O)C(O)C2O)C(O)C1O)C(O)CCCCCCCCCCCCCCCCCCCCCCC. The first-order chi connectivity index (χ1) is 52.3. The van der Waals surface area contributed by atoms with Crippen LogP contribution in [0.2, 0.25) is 0 Å². The van der Waals surface area contributed by atoms with Gasteiger partial charge in [-0.25, -0.2) is 0 Å². The fourth-order valence-electron chi connectivity index (χ4n) is 14.9. The van der Waals surface area contributed by atoms with Gasteiger partial charge in [0.1, 0.15) is 73.2 Å². The first kappa shape index (κ1) is 98.7. The van der Waals surface area contributed by atoms with Crippen LogP contribution >= 0.6 is 0 Å². The van der Waals surface area contributed by atoms with Crippen LogP contribution in [0.15, 0.2) is 60.8 Å². The lowest BCUT2D eigenvalue weighted by Crippen LogP contribution is -2.66. The van der Waals surface area contributed by atoms with E-state index in [0.29, 0.717) is 12.8 Å². The smallest absolute Gasteiger partial charge is 0.220 e. The van der Waals surface area contributed by atoms with Gasteiger partial charge in [-0.05, 0) is 57.8 Å². The van der Waals surface area contributed by atoms with Crippen molar-refractivity contribution in [3.05, 3.63) is 60.8 Å². The molecule has 19 nitrogen and oxygen atoms in total. The normalized spacial score (nSPS) is 25.8. The van der Waals surface area contributed by atoms with E-state index in [4.69, 9.17) is 28.4 Å². The van der Waals surface area contributed by atoms with Gasteiger partial charge in [0.25, 0.3) is 0 Å². The number of carbonyl (C=O) groups excluding carboxylic acids is 1. The molecule has 3 rings (SSSR count). The summed E-state index contributed by atoms with van der Waals surface area (Å²) in [6.07, 6.45) is 61.9. The Kier molecular flexibility index (Phi) is 62.7. The number of rotatable bonds is 71. The van der Waals surface area contributed by atoms with Crippen molar-refractivity contribution in [2.75, 3.05) is 26.4 Å². The summed E-state index contributed by atoms with van der Waals surface area (Å²) < 4.78 is 34.6. The lowest BCUT2D eigenvalue weighted by Gasteiger charge is -2.48. The molecule has 3 aliphatic rings. The molecule has 0 aromatic rings. The molecule has 626 valence electrons. The van der Waals surface area contributed by atoms with E-state index in [-0.39, 0.29) is 18.9 Å². The van der Waals surface area contributed by atoms with Gasteiger partial charge in [0.2, 0.25) is 5.91 Å². The summed E-state index contributed by atoms with van der Waals surface area (Å²) in [5.74, 6) is -0.235. The summed E-state index contributed by atoms with van der Waals surface area (Å²) in [5, 5.41) is 121. The molecule has 3 aliphatic heterocycles. The Morgan fingerprint density at radius 2 is 0.645 bits per heavy atom. The molecule has 19 heteroatoms. The molecule has 17 atom stereocenters. The van der Waals surface area contributed by atoms with Gasteiger partial charge < -0.3 is 89.9 Å². The average Bonchev–Trinajstić information content (AvgIpc) is 0.782. The first-order valence-corrected chi connectivity index (χ1v) is 44.0. The zero-order valence-corrected chi connectivity index (χ0v) is 67.4. The van der Waals surface area contributed by atoms with Gasteiger partial charge in [0.15, 0.2) is 18.9 Å². The van der Waals surface area contributed by atoms with Crippen molar-refractivity contribution in [1.29, 1.82) is 0 Å². The number of allylic oxidation sites excluding steroid dienone is 10. The number of nitrogens with one attached hydrogen (secondary N) is 1. The molecular weight excluding hydrogens is 1360 g/mol. The Morgan fingerprint density at radius 1 is 0.346 bits per heavy atom. The van der Waals surface area contributed by atoms with E-state index >= 15 is 0 Å². The minimum absolute atomic E-state index is 0.235. The van der Waals surface area contributed by atoms with Gasteiger partial charge in [0.05, 0.1) is 38.6 Å². The Hall–Kier alpha value is -2.51. The Balaban J connectivity index is 1.28. The fraction of sp³-hybridized carbons (Fsp3) is 0.875. The Bertz CT molecular complexity index is 2160. The summed E-state index contributed by atoms with van der Waals surface area (Å²) in [7, 11) is 0. The number of carbonyl (C=O) groups is 1. The molecule has 0 spiro atoms. The highest BCUT2D eigenvalue weighted by atomic mass is 16.8. The number of hydrogen-bond donors (Lipinski definition) is 12. The second kappa shape index (κ2) is 67.9. The quantitative estimate of drug-likeness (QED) is 0.0199. The molecule has 0 aromatic heterocycles. The van der Waals surface area contributed by atoms with Gasteiger partial charge in [-0.15, -0.1) is 0 Å². The molecule has 0 radical (unpaired) electrons. The second-order valence-electron chi connectivity index (χ2n) is 31.3. The summed E-state index contributed by atoms with van der Waals surface area (Å²) in [4.78, 5) is 13.5. The third-order valence-electron chi connectivity index (χ3n) is 21.9. The summed E-state index contributed by atoms with van der Waals surface area (Å²) in [6, 6.07) is -0.888. The average molecular weight is 1520 g/mol. The monoisotopic (exact) mass is 1520 g/mol. The largest absolute Gasteiger partial charge is 0.394 e. The minimum Gasteiger partial charge on any atom is -0.394 e. The van der Waals surface area contributed by atoms with Crippen LogP contribution in [0.4, 0.5) is 0 Å². The number of aliphatic hydroxyl groups is 11. The number of aliphatic hydroxyl groups excluding tert-OH is 11. The third-order valence-corrected chi connectivity index (χ3v) is 21.9. The number of ether oxygens (including phenoxy) is 6. The third kappa shape index (κ3) is 47.1. The molecule has 0 saturated carbocycles. The topological polar surface area (TPSA) is 307 Å². The highest BCUT2D eigenvalue weighted by Crippen LogP contribution is 2.34. The summed E-state index contributed by atoms with van der Waals surface area (Å²) >= 11 is 0. The first-order valence-electron chi connectivity index (χ1n) is 44.0. The van der Waals surface area contributed by atoms with Gasteiger partial charge in [0, 0.05) is 6.42 Å². The van der Waals surface area contributed by atoms with Gasteiger partial charge >= 0.3 is 0 Å². The van der Waals surface area contributed by atoms with E-state index < -0.39 is 124 Å². The summed E-state index contributed by atoms with van der Waals surface area (Å²) in [6.45, 7) is 1.74. The van der Waals surface area contributed by atoms with Gasteiger partial charge in [-0.3, -0.25) is 4.79 Å². The van der Waals surface area contributed by atoms with Gasteiger partial charge in [-0.1, -0.05) is 357 Å². The molecule has 3 fully saturated rings. The van der Waals surface area contributed by atoms with Crippen molar-refractivity contribution >= 4 is 5.91 Å². The minimum atomic E-state index is -1.97. The Labute approximate surface area is 649 Å². The maximum absolute atomic E-state index is 13.5. The van der Waals surface area contributed by atoms with Crippen LogP contribution in [0.5, 0.6) is 0 Å². The zero-order chi connectivity index (χ0) is 77.4. The van der Waals surface area contributed by atoms with Crippen LogP contribution < -0.4 is 5.32 Å². The van der Waals surface area contributed by atoms with Crippen LogP contribution in [0.25, 0.3) is 0 Å². The predicted molar refractivity (Wildman–Crippen MR) is 429 cm³/mol. The van der Waals surface area contributed by atoms with E-state index in [1.807, 2.05) is 0 Å². The summed E-state index contributed by atoms with van der Waals surface area (Å²) in [5.41, 5.74) is 0. The molecule has 0 aromatic carbocycles. The van der Waals surface area contributed by atoms with Crippen molar-refractivity contribution in [2.45, 2.75) is 465 Å². The maximum Gasteiger partial charge on any atom is 0.220 e. The lowest BCUT2D eigenvalue weighted by atomic mass is 9.96. The van der Waals surface area contributed by atoms with E-state index in [0.717, 1.165) is 77.0 Å². The number of unbranched alkanes of at least 4 members (excludes halogenated alkanes) is 45. The van der Waals surface area contributed by atoms with Crippen LogP contribution in [-0.2, 0) is 33.2 Å². The highest BCUT2D eigenvalue weighted by molar-refractivity contribution is 5.76. The van der Waals surface area contributed by atoms with Crippen molar-refractivity contribution in [1.82, 2.24) is 5.32 Å². The molecule has 0 bridgehead atoms. The zero-order valence-electron chi connectivity index (χ0n) is 67.4. The molecule has 3 saturated heterocycles. The van der Waals surface area contributed by atoms with Crippen LogP contribution in [0.3, 0.4) is 0 Å². The van der Waals surface area contributed by atoms with Crippen molar-refractivity contribution in [3.63, 3.8) is 0 Å². The molecule has 1 amide bonds. The van der Waals surface area contributed by atoms with Crippen LogP contribution in [0.1, 0.15) is 361 Å². The molecule has 107 heavy (non-hydrogen) atoms. The van der Waals surface area contributed by atoms with E-state index in [2.05, 4.69) is 79.9 Å². The predicted octanol–water partition coefficient (Wildman–Crippen LogP) is 16.2. The highest BCUT2D eigenvalue weighted by Gasteiger charge is 2.54. The van der Waals surface area contributed by atoms with Crippen LogP contribution in [-0.4, -0.2) is 193 Å². The van der Waals surface area contributed by atoms with Crippen molar-refractivity contribution in [2.24, 2.45) is 0 Å². The van der Waals surface area contributed by atoms with E-state index in [1.54, 1.807) is 0 Å². The van der Waals surface area contributed by atoms with E-state index in [1.165, 1.54) is 250 Å². The fourth-order valence-corrected chi connectivity index (χ4v) is 14.9. The lowest BCUT2D eigenvalue weighted by molar-refractivity contribution is -0.379. The van der Waals surface area contributed by atoms with Crippen LogP contribution in [0, 0.1) is 0 Å². The maximum atomic E-state index is 13.5. The van der Waals surface area contributed by atoms with Gasteiger partial charge in [-0.2, -0.15) is 0 Å². The molecule has 17 unspecified atom stereocenters. The standard InChI is InChI=1S/C88H161NO18/c1-3-5-7-9-11-13-15-17-19-21-23-25-26-27-28-29-30-31-32-33-34-35-36-37-38-39-40-41-42-43-44-46-48-50-52-54-56-58-60-62-64-66-76(94)89-71(72(93)65-63-61-59-57-55-53-51-49-47-45-24-22-20-18-16-14-12-10-8-6-4-2)70-102-86-82(100)79(97)84(74(68-91)104-86)107-88-83(101)80(98)85(75(69-92)105-88)106-87-81(99)78(96)77(95)73(67-90)103-87/h5,7,11,13,17,19,23,25,27-28,71-75,77-88,90-93,95-101H,3-4,6,8-10,12,14-16,18,20-22,24,26,29-70H2,1-2H3,(H,89,94)/b7-5-,13-11-,19-17-,25-23-,28-27-. The number of hydrogen-bond acceptors (Lipinski definition) is 18.